The van der Waals surface area contributed by atoms with Gasteiger partial charge in [0.15, 0.2) is 5.90 Å². The minimum absolute atomic E-state index is 0.0790. The summed E-state index contributed by atoms with van der Waals surface area (Å²) in [6.45, 7) is 0. The Hall–Kier alpha value is -2.43. The van der Waals surface area contributed by atoms with Gasteiger partial charge in [-0.25, -0.2) is 4.57 Å². The minimum atomic E-state index is -4.51. The first-order chi connectivity index (χ1) is 10.9. The molecule has 7 heteroatoms. The number of nitrogens with one attached hydrogen (secondary N) is 2. The topological polar surface area (TPSA) is 103 Å². The second-order valence-corrected chi connectivity index (χ2v) is 6.52. The molecule has 118 valence electrons. The Balaban J connectivity index is 2.26. The van der Waals surface area contributed by atoms with Crippen molar-refractivity contribution in [3.8, 4) is 0 Å². The predicted molar refractivity (Wildman–Crippen MR) is 85.7 cm³/mol. The summed E-state index contributed by atoms with van der Waals surface area (Å²) in [5.74, 6) is -0.811. The molecule has 0 amide bonds. The molecular weight excluding hydrogens is 315 g/mol. The summed E-state index contributed by atoms with van der Waals surface area (Å²) in [5, 5.41) is 16.2. The van der Waals surface area contributed by atoms with Gasteiger partial charge in [-0.05, 0) is 11.1 Å². The monoisotopic (exact) mass is 330 g/mol. The Morgan fingerprint density at radius 1 is 0.913 bits per heavy atom. The fourth-order valence-electron chi connectivity index (χ4n) is 2.78. The van der Waals surface area contributed by atoms with Crippen molar-refractivity contribution in [2.75, 3.05) is 0 Å². The Bertz CT molecular complexity index is 753. The molecule has 23 heavy (non-hydrogen) atoms. The highest BCUT2D eigenvalue weighted by Crippen LogP contribution is 2.52. The van der Waals surface area contributed by atoms with Crippen molar-refractivity contribution >= 4 is 19.6 Å². The van der Waals surface area contributed by atoms with Crippen molar-refractivity contribution in [3.63, 3.8) is 0 Å². The molecule has 0 aromatic heterocycles. The summed E-state index contributed by atoms with van der Waals surface area (Å²) in [6, 6.07) is 18.1. The van der Waals surface area contributed by atoms with Crippen molar-refractivity contribution in [2.24, 2.45) is 0 Å². The third-order valence-electron chi connectivity index (χ3n) is 3.78. The Morgan fingerprint density at radius 2 is 1.39 bits per heavy atom. The number of benzene rings is 2. The quantitative estimate of drug-likeness (QED) is 0.733. The molecule has 6 nitrogen and oxygen atoms in total. The highest BCUT2D eigenvalue weighted by atomic mass is 31.2. The first-order valence-electron chi connectivity index (χ1n) is 6.93. The van der Waals surface area contributed by atoms with Gasteiger partial charge in [0.1, 0.15) is 5.41 Å². The zero-order chi connectivity index (χ0) is 16.5. The number of rotatable bonds is 2. The second-order valence-electron chi connectivity index (χ2n) is 5.22. The van der Waals surface area contributed by atoms with E-state index >= 15 is 0 Å². The maximum absolute atomic E-state index is 11.9. The largest absolute Gasteiger partial charge is 0.586 e. The van der Waals surface area contributed by atoms with Crippen LogP contribution < -0.4 is 0 Å². The third-order valence-corrected chi connectivity index (χ3v) is 4.64. The van der Waals surface area contributed by atoms with E-state index in [-0.39, 0.29) is 6.42 Å². The Labute approximate surface area is 133 Å². The molecule has 1 aliphatic heterocycles. The van der Waals surface area contributed by atoms with Crippen LogP contribution in [0.15, 0.2) is 60.7 Å². The molecular formula is C16H15N2O4P. The van der Waals surface area contributed by atoms with Crippen LogP contribution in [0.25, 0.3) is 0 Å². The van der Waals surface area contributed by atoms with Gasteiger partial charge in [0.25, 0.3) is 0 Å². The fraction of sp³-hybridized carbons (Fsp3) is 0.125. The number of hydrogen-bond donors (Lipinski definition) is 3. The molecule has 1 fully saturated rings. The molecule has 0 aliphatic carbocycles. The van der Waals surface area contributed by atoms with E-state index in [1.54, 1.807) is 48.5 Å². The highest BCUT2D eigenvalue weighted by molar-refractivity contribution is 7.48. The normalized spacial score (nSPS) is 23.5. The summed E-state index contributed by atoms with van der Waals surface area (Å²) in [5.41, 5.74) is 0.187. The van der Waals surface area contributed by atoms with Crippen molar-refractivity contribution < 1.29 is 18.5 Å². The van der Waals surface area contributed by atoms with Gasteiger partial charge in [0.2, 0.25) is 5.90 Å². The molecule has 3 rings (SSSR count). The Morgan fingerprint density at radius 3 is 1.87 bits per heavy atom. The van der Waals surface area contributed by atoms with E-state index in [9.17, 15) is 9.46 Å². The maximum Gasteiger partial charge on any atom is 0.586 e. The second kappa shape index (κ2) is 5.65. The smallest absolute Gasteiger partial charge is 0.381 e. The lowest BCUT2D eigenvalue weighted by Gasteiger charge is -2.31. The van der Waals surface area contributed by atoms with E-state index < -0.39 is 25.0 Å². The summed E-state index contributed by atoms with van der Waals surface area (Å²) < 4.78 is 21.5. The lowest BCUT2D eigenvalue weighted by Crippen LogP contribution is -2.38. The van der Waals surface area contributed by atoms with Gasteiger partial charge in [-0.15, -0.1) is 0 Å². The third kappa shape index (κ3) is 2.79. The number of phosphoric acid groups is 1. The van der Waals surface area contributed by atoms with Gasteiger partial charge >= 0.3 is 7.82 Å². The molecule has 2 aromatic carbocycles. The molecule has 1 heterocycles. The van der Waals surface area contributed by atoms with Crippen LogP contribution in [-0.4, -0.2) is 16.7 Å². The van der Waals surface area contributed by atoms with E-state index in [0.717, 1.165) is 0 Å². The highest BCUT2D eigenvalue weighted by Gasteiger charge is 2.49. The van der Waals surface area contributed by atoms with E-state index in [1.807, 2.05) is 12.1 Å². The van der Waals surface area contributed by atoms with E-state index in [0.29, 0.717) is 11.1 Å². The average Bonchev–Trinajstić information content (AvgIpc) is 2.62. The molecule has 1 aliphatic rings. The predicted octanol–water partition coefficient (Wildman–Crippen LogP) is 3.46. The lowest BCUT2D eigenvalue weighted by molar-refractivity contribution is 0.281. The van der Waals surface area contributed by atoms with Gasteiger partial charge in [0, 0.05) is 6.42 Å². The molecule has 0 spiro atoms. The minimum Gasteiger partial charge on any atom is -0.381 e. The van der Waals surface area contributed by atoms with Crippen molar-refractivity contribution in [2.45, 2.75) is 11.8 Å². The van der Waals surface area contributed by atoms with E-state index in [4.69, 9.17) is 19.9 Å². The Kier molecular flexibility index (Phi) is 3.80. The molecule has 0 bridgehead atoms. The van der Waals surface area contributed by atoms with Crippen LogP contribution in [0, 0.1) is 10.8 Å². The SMILES string of the molecule is N=C1CC(c2ccccc2)(c2ccccc2)C(=N)OP(=O)(O)O1. The van der Waals surface area contributed by atoms with Crippen molar-refractivity contribution in [1.29, 1.82) is 10.8 Å². The average molecular weight is 330 g/mol. The van der Waals surface area contributed by atoms with Crippen LogP contribution in [0.2, 0.25) is 0 Å². The van der Waals surface area contributed by atoms with Gasteiger partial charge in [-0.2, -0.15) is 0 Å². The molecule has 0 radical (unpaired) electrons. The van der Waals surface area contributed by atoms with Crippen LogP contribution >= 0.6 is 7.82 Å². The van der Waals surface area contributed by atoms with Gasteiger partial charge in [-0.1, -0.05) is 60.7 Å². The summed E-state index contributed by atoms with van der Waals surface area (Å²) in [6.07, 6.45) is -0.0790. The molecule has 2 aromatic rings. The zero-order valence-electron chi connectivity index (χ0n) is 12.1. The first-order valence-corrected chi connectivity index (χ1v) is 8.43. The zero-order valence-corrected chi connectivity index (χ0v) is 13.0. The van der Waals surface area contributed by atoms with Gasteiger partial charge < -0.3 is 9.05 Å². The van der Waals surface area contributed by atoms with E-state index in [1.165, 1.54) is 0 Å². The number of phosphoric ester groups is 1. The molecule has 1 saturated heterocycles. The number of hydrogen-bond acceptors (Lipinski definition) is 5. The molecule has 1 atom stereocenters. The van der Waals surface area contributed by atoms with Crippen LogP contribution in [-0.2, 0) is 19.0 Å². The van der Waals surface area contributed by atoms with Crippen molar-refractivity contribution in [3.05, 3.63) is 71.8 Å². The van der Waals surface area contributed by atoms with Crippen LogP contribution in [0.4, 0.5) is 0 Å². The molecule has 1 unspecified atom stereocenters. The van der Waals surface area contributed by atoms with Gasteiger partial charge in [0.05, 0.1) is 0 Å². The van der Waals surface area contributed by atoms with E-state index in [2.05, 4.69) is 0 Å². The van der Waals surface area contributed by atoms with Crippen LogP contribution in [0.3, 0.4) is 0 Å². The summed E-state index contributed by atoms with van der Waals surface area (Å²) in [7, 11) is -4.51. The van der Waals surface area contributed by atoms with Crippen molar-refractivity contribution in [1.82, 2.24) is 0 Å². The maximum atomic E-state index is 11.9. The molecule has 3 N–H and O–H groups in total. The lowest BCUT2D eigenvalue weighted by atomic mass is 9.71. The summed E-state index contributed by atoms with van der Waals surface area (Å²) >= 11 is 0. The standard InChI is InChI=1S/C16H15N2O4P/c17-14-11-16(12-7-3-1-4-8-12,13-9-5-2-6-10-13)15(18)22-23(19,20)21-14/h1-10,17-18H,11H2,(H,19,20). The van der Waals surface area contributed by atoms with Crippen LogP contribution in [0.5, 0.6) is 0 Å². The fourth-order valence-corrected chi connectivity index (χ4v) is 3.55. The molecule has 0 saturated carbocycles. The summed E-state index contributed by atoms with van der Waals surface area (Å²) in [4.78, 5) is 9.65. The first kappa shape index (κ1) is 15.5. The van der Waals surface area contributed by atoms with Crippen LogP contribution in [0.1, 0.15) is 17.5 Å². The van der Waals surface area contributed by atoms with Gasteiger partial charge in [-0.3, -0.25) is 15.7 Å².